The van der Waals surface area contributed by atoms with Gasteiger partial charge in [0.2, 0.25) is 0 Å². The van der Waals surface area contributed by atoms with Crippen molar-refractivity contribution in [1.82, 2.24) is 0 Å². The lowest BCUT2D eigenvalue weighted by atomic mass is 10.1. The molecule has 0 aliphatic carbocycles. The van der Waals surface area contributed by atoms with Crippen LogP contribution in [-0.4, -0.2) is 12.0 Å². The quantitative estimate of drug-likeness (QED) is 0.868. The molecule has 0 radical (unpaired) electrons. The number of aryl methyl sites for hydroxylation is 1. The highest BCUT2D eigenvalue weighted by molar-refractivity contribution is 7.80. The first-order valence-electron chi connectivity index (χ1n) is 6.33. The molecule has 0 fully saturated rings. The normalized spacial score (nSPS) is 10.3. The molecule has 4 heteroatoms. The third kappa shape index (κ3) is 3.50. The summed E-state index contributed by atoms with van der Waals surface area (Å²) >= 11 is 11.1. The molecule has 0 aromatic heterocycles. The minimum Gasteiger partial charge on any atom is -0.389 e. The minimum absolute atomic E-state index is 0.415. The lowest BCUT2D eigenvalue weighted by Crippen LogP contribution is -2.21. The Labute approximate surface area is 130 Å². The van der Waals surface area contributed by atoms with E-state index in [4.69, 9.17) is 29.6 Å². The van der Waals surface area contributed by atoms with Crippen LogP contribution in [0.2, 0.25) is 5.02 Å². The molecule has 0 bridgehead atoms. The van der Waals surface area contributed by atoms with Crippen molar-refractivity contribution in [2.75, 3.05) is 11.9 Å². The molecule has 2 aromatic carbocycles. The van der Waals surface area contributed by atoms with Gasteiger partial charge in [-0.25, -0.2) is 0 Å². The molecule has 104 valence electrons. The summed E-state index contributed by atoms with van der Waals surface area (Å²) in [6.07, 6.45) is 0. The zero-order valence-corrected chi connectivity index (χ0v) is 13.1. The Bertz CT molecular complexity index is 640. The Balaban J connectivity index is 2.31. The van der Waals surface area contributed by atoms with Crippen LogP contribution in [-0.2, 0) is 6.54 Å². The van der Waals surface area contributed by atoms with Gasteiger partial charge in [0, 0.05) is 29.9 Å². The summed E-state index contributed by atoms with van der Waals surface area (Å²) in [5.74, 6) is 0. The molecule has 0 atom stereocenters. The molecule has 0 spiro atoms. The van der Waals surface area contributed by atoms with Gasteiger partial charge in [0.25, 0.3) is 0 Å². The van der Waals surface area contributed by atoms with Gasteiger partial charge in [-0.15, -0.1) is 0 Å². The zero-order valence-electron chi connectivity index (χ0n) is 11.6. The minimum atomic E-state index is 0.415. The highest BCUT2D eigenvalue weighted by Crippen LogP contribution is 2.23. The van der Waals surface area contributed by atoms with Crippen molar-refractivity contribution in [3.8, 4) is 0 Å². The van der Waals surface area contributed by atoms with E-state index in [1.165, 1.54) is 5.56 Å². The van der Waals surface area contributed by atoms with Crippen molar-refractivity contribution < 1.29 is 0 Å². The fraction of sp³-hybridized carbons (Fsp3) is 0.188. The first-order valence-corrected chi connectivity index (χ1v) is 7.12. The molecule has 0 unspecified atom stereocenters. The van der Waals surface area contributed by atoms with Gasteiger partial charge in [-0.1, -0.05) is 42.0 Å². The average molecular weight is 305 g/mol. The van der Waals surface area contributed by atoms with Gasteiger partial charge >= 0.3 is 0 Å². The van der Waals surface area contributed by atoms with E-state index in [9.17, 15) is 0 Å². The largest absolute Gasteiger partial charge is 0.389 e. The highest BCUT2D eigenvalue weighted by Gasteiger charge is 2.10. The van der Waals surface area contributed by atoms with E-state index in [0.29, 0.717) is 4.99 Å². The van der Waals surface area contributed by atoms with E-state index >= 15 is 0 Å². The number of rotatable bonds is 4. The van der Waals surface area contributed by atoms with Crippen molar-refractivity contribution in [2.24, 2.45) is 5.73 Å². The molecule has 0 heterocycles. The van der Waals surface area contributed by atoms with Crippen LogP contribution >= 0.6 is 23.8 Å². The zero-order chi connectivity index (χ0) is 14.7. The molecule has 0 saturated carbocycles. The molecule has 0 aliphatic heterocycles. The summed E-state index contributed by atoms with van der Waals surface area (Å²) in [5, 5.41) is 0.745. The number of benzene rings is 2. The third-order valence-electron chi connectivity index (χ3n) is 3.14. The molecule has 2 aromatic rings. The second-order valence-corrected chi connectivity index (χ2v) is 5.75. The van der Waals surface area contributed by atoms with Crippen LogP contribution < -0.4 is 10.6 Å². The van der Waals surface area contributed by atoms with Crippen LogP contribution in [0.5, 0.6) is 0 Å². The summed E-state index contributed by atoms with van der Waals surface area (Å²) in [6, 6.07) is 13.9. The van der Waals surface area contributed by atoms with Gasteiger partial charge < -0.3 is 10.6 Å². The van der Waals surface area contributed by atoms with Crippen LogP contribution in [0.4, 0.5) is 5.69 Å². The summed E-state index contributed by atoms with van der Waals surface area (Å²) in [5.41, 5.74) is 10.1. The predicted octanol–water partition coefficient (Wildman–Crippen LogP) is 3.92. The van der Waals surface area contributed by atoms with Crippen molar-refractivity contribution in [3.63, 3.8) is 0 Å². The second kappa shape index (κ2) is 6.25. The Kier molecular flexibility index (Phi) is 4.63. The Morgan fingerprint density at radius 3 is 2.65 bits per heavy atom. The predicted molar refractivity (Wildman–Crippen MR) is 90.6 cm³/mol. The van der Waals surface area contributed by atoms with Crippen LogP contribution in [0.25, 0.3) is 0 Å². The van der Waals surface area contributed by atoms with Gasteiger partial charge in [0.05, 0.1) is 0 Å². The summed E-state index contributed by atoms with van der Waals surface area (Å²) in [7, 11) is 2.03. The maximum absolute atomic E-state index is 6.02. The van der Waals surface area contributed by atoms with E-state index in [-0.39, 0.29) is 0 Å². The van der Waals surface area contributed by atoms with Gasteiger partial charge in [-0.2, -0.15) is 0 Å². The van der Waals surface area contributed by atoms with Crippen molar-refractivity contribution in [2.45, 2.75) is 13.5 Å². The van der Waals surface area contributed by atoms with Crippen LogP contribution in [0.1, 0.15) is 16.7 Å². The number of hydrogen-bond acceptors (Lipinski definition) is 2. The molecule has 2 nitrogen and oxygen atoms in total. The van der Waals surface area contributed by atoms with Gasteiger partial charge in [-0.05, 0) is 42.3 Å². The van der Waals surface area contributed by atoms with Crippen molar-refractivity contribution >= 4 is 34.5 Å². The van der Waals surface area contributed by atoms with Gasteiger partial charge in [0.15, 0.2) is 0 Å². The van der Waals surface area contributed by atoms with Crippen LogP contribution in [0, 0.1) is 6.92 Å². The molecule has 0 saturated heterocycles. The fourth-order valence-corrected chi connectivity index (χ4v) is 2.55. The summed E-state index contributed by atoms with van der Waals surface area (Å²) in [4.78, 5) is 2.55. The molecule has 0 amide bonds. The number of hydrogen-bond donors (Lipinski definition) is 1. The molecule has 20 heavy (non-hydrogen) atoms. The SMILES string of the molecule is Cc1ccc(C(N)=S)c(N(C)Cc2cccc(Cl)c2)c1. The first-order chi connectivity index (χ1) is 9.47. The molecule has 2 N–H and O–H groups in total. The molecule has 2 rings (SSSR count). The average Bonchev–Trinajstić information content (AvgIpc) is 2.38. The number of anilines is 1. The van der Waals surface area contributed by atoms with Crippen LogP contribution in [0.15, 0.2) is 42.5 Å². The van der Waals surface area contributed by atoms with E-state index in [0.717, 1.165) is 28.4 Å². The van der Waals surface area contributed by atoms with Crippen molar-refractivity contribution in [3.05, 3.63) is 64.2 Å². The number of thiocarbonyl (C=S) groups is 1. The molecular weight excluding hydrogens is 288 g/mol. The first kappa shape index (κ1) is 14.8. The van der Waals surface area contributed by atoms with E-state index in [2.05, 4.69) is 24.0 Å². The van der Waals surface area contributed by atoms with Crippen LogP contribution in [0.3, 0.4) is 0 Å². The Morgan fingerprint density at radius 2 is 2.00 bits per heavy atom. The lowest BCUT2D eigenvalue weighted by Gasteiger charge is -2.23. The fourth-order valence-electron chi connectivity index (χ4n) is 2.16. The number of nitrogens with two attached hydrogens (primary N) is 1. The molecule has 0 aliphatic rings. The van der Waals surface area contributed by atoms with E-state index in [1.807, 2.05) is 37.4 Å². The summed E-state index contributed by atoms with van der Waals surface area (Å²) < 4.78 is 0. The van der Waals surface area contributed by atoms with Gasteiger partial charge in [-0.3, -0.25) is 0 Å². The Morgan fingerprint density at radius 1 is 1.25 bits per heavy atom. The standard InChI is InChI=1S/C16H17ClN2S/c1-11-6-7-14(16(18)20)15(8-11)19(2)10-12-4-3-5-13(17)9-12/h3-9H,10H2,1-2H3,(H2,18,20). The number of halogens is 1. The maximum atomic E-state index is 6.02. The smallest absolute Gasteiger partial charge is 0.106 e. The van der Waals surface area contributed by atoms with E-state index < -0.39 is 0 Å². The summed E-state index contributed by atoms with van der Waals surface area (Å²) in [6.45, 7) is 2.81. The van der Waals surface area contributed by atoms with E-state index in [1.54, 1.807) is 0 Å². The monoisotopic (exact) mass is 304 g/mol. The second-order valence-electron chi connectivity index (χ2n) is 4.87. The van der Waals surface area contributed by atoms with Crippen molar-refractivity contribution in [1.29, 1.82) is 0 Å². The Hall–Kier alpha value is -1.58. The number of nitrogens with zero attached hydrogens (tertiary/aromatic N) is 1. The maximum Gasteiger partial charge on any atom is 0.106 e. The molecular formula is C16H17ClN2S. The van der Waals surface area contributed by atoms with Gasteiger partial charge in [0.1, 0.15) is 4.99 Å². The highest BCUT2D eigenvalue weighted by atomic mass is 35.5. The third-order valence-corrected chi connectivity index (χ3v) is 3.59. The topological polar surface area (TPSA) is 29.3 Å². The lowest BCUT2D eigenvalue weighted by molar-refractivity contribution is 0.921.